The van der Waals surface area contributed by atoms with E-state index in [0.717, 1.165) is 0 Å². The molecule has 0 aromatic carbocycles. The molecular formula is C31H52N2O11. The number of carbonyl (C=O) groups is 6. The quantitative estimate of drug-likeness (QED) is 0.109. The third-order valence-corrected chi connectivity index (χ3v) is 6.09. The molecule has 0 aliphatic carbocycles. The van der Waals surface area contributed by atoms with Crippen molar-refractivity contribution < 1.29 is 52.8 Å². The van der Waals surface area contributed by atoms with Crippen molar-refractivity contribution in [3.8, 4) is 0 Å². The number of carbonyl (C=O) groups excluding carboxylic acids is 6. The maximum atomic E-state index is 12.0. The van der Waals surface area contributed by atoms with Crippen LogP contribution in [0.25, 0.3) is 0 Å². The molecule has 0 aromatic rings. The third-order valence-electron chi connectivity index (χ3n) is 6.09. The Morgan fingerprint density at radius 2 is 0.977 bits per heavy atom. The van der Waals surface area contributed by atoms with Gasteiger partial charge < -0.3 is 33.9 Å². The summed E-state index contributed by atoms with van der Waals surface area (Å²) >= 11 is 0. The smallest absolute Gasteiger partial charge is 0.333 e. The molecule has 0 aromatic heterocycles. The second-order valence-electron chi connectivity index (χ2n) is 12.0. The van der Waals surface area contributed by atoms with Crippen LogP contribution in [-0.2, 0) is 47.7 Å². The predicted molar refractivity (Wildman–Crippen MR) is 163 cm³/mol. The summed E-state index contributed by atoms with van der Waals surface area (Å²) in [5, 5.41) is 9.64. The van der Waals surface area contributed by atoms with Crippen LogP contribution in [0.4, 0.5) is 0 Å². The first-order chi connectivity index (χ1) is 20.0. The Kier molecular flexibility index (Phi) is 19.5. The molecule has 44 heavy (non-hydrogen) atoms. The minimum Gasteiger partial charge on any atom is -0.462 e. The van der Waals surface area contributed by atoms with E-state index in [1.54, 1.807) is 62.8 Å². The van der Waals surface area contributed by atoms with Gasteiger partial charge in [0.2, 0.25) is 11.8 Å². The lowest BCUT2D eigenvalue weighted by molar-refractivity contribution is -0.160. The SMILES string of the molecule is C=C(C)C(=O)OCC(O)COC(=O)C(C)(C)CCC(=O)N(C)C.C=C(C)C(=O)OCCOC(=O)C(C)(C)CCC(=O)N(C)C. The molecule has 0 aliphatic heterocycles. The van der Waals surface area contributed by atoms with E-state index in [0.29, 0.717) is 18.4 Å². The van der Waals surface area contributed by atoms with Crippen LogP contribution in [0.2, 0.25) is 0 Å². The highest BCUT2D eigenvalue weighted by atomic mass is 16.6. The van der Waals surface area contributed by atoms with Gasteiger partial charge in [-0.2, -0.15) is 0 Å². The molecule has 0 heterocycles. The summed E-state index contributed by atoms with van der Waals surface area (Å²) in [4.78, 5) is 72.3. The van der Waals surface area contributed by atoms with Gasteiger partial charge in [0, 0.05) is 52.2 Å². The van der Waals surface area contributed by atoms with Gasteiger partial charge in [0.1, 0.15) is 32.5 Å². The molecule has 1 N–H and O–H groups in total. The second-order valence-corrected chi connectivity index (χ2v) is 12.0. The van der Waals surface area contributed by atoms with Crippen molar-refractivity contribution in [2.75, 3.05) is 54.6 Å². The standard InChI is InChI=1S/C16H27NO6.C15H25NO5/c1-11(2)14(20)22-9-12(18)10-23-15(21)16(3,4)8-7-13(19)17(5)6;1-11(2)13(18)20-9-10-21-14(19)15(3,4)8-7-12(17)16(5)6/h12,18H,1,7-10H2,2-6H3;1,7-10H2,2-6H3. The fraction of sp³-hybridized carbons (Fsp3) is 0.677. The summed E-state index contributed by atoms with van der Waals surface area (Å²) in [5.41, 5.74) is -1.09. The number of hydrogen-bond donors (Lipinski definition) is 1. The summed E-state index contributed by atoms with van der Waals surface area (Å²) in [7, 11) is 6.64. The lowest BCUT2D eigenvalue weighted by atomic mass is 9.87. The molecule has 0 aliphatic rings. The Morgan fingerprint density at radius 3 is 1.36 bits per heavy atom. The monoisotopic (exact) mass is 628 g/mol. The van der Waals surface area contributed by atoms with Gasteiger partial charge in [-0.15, -0.1) is 0 Å². The highest BCUT2D eigenvalue weighted by Crippen LogP contribution is 2.25. The zero-order valence-corrected chi connectivity index (χ0v) is 28.1. The minimum atomic E-state index is -1.11. The topological polar surface area (TPSA) is 166 Å². The number of nitrogens with zero attached hydrogens (tertiary/aromatic N) is 2. The molecular weight excluding hydrogens is 576 g/mol. The van der Waals surface area contributed by atoms with Crippen LogP contribution in [0.3, 0.4) is 0 Å². The molecule has 252 valence electrons. The van der Waals surface area contributed by atoms with Crippen LogP contribution < -0.4 is 0 Å². The summed E-state index contributed by atoms with van der Waals surface area (Å²) in [6.45, 7) is 16.1. The van der Waals surface area contributed by atoms with Crippen molar-refractivity contribution in [3.63, 3.8) is 0 Å². The van der Waals surface area contributed by atoms with Crippen molar-refractivity contribution in [1.82, 2.24) is 9.80 Å². The maximum absolute atomic E-state index is 12.0. The van der Waals surface area contributed by atoms with Gasteiger partial charge in [-0.1, -0.05) is 13.2 Å². The fourth-order valence-electron chi connectivity index (χ4n) is 2.79. The zero-order chi connectivity index (χ0) is 34.8. The number of hydrogen-bond acceptors (Lipinski definition) is 11. The first kappa shape index (κ1) is 42.4. The number of aliphatic hydroxyl groups is 1. The molecule has 13 nitrogen and oxygen atoms in total. The Morgan fingerprint density at radius 1 is 0.636 bits per heavy atom. The Bertz CT molecular complexity index is 1030. The Labute approximate surface area is 261 Å². The largest absolute Gasteiger partial charge is 0.462 e. The molecule has 0 radical (unpaired) electrons. The molecule has 1 atom stereocenters. The summed E-state index contributed by atoms with van der Waals surface area (Å²) in [6.07, 6.45) is 0.132. The summed E-state index contributed by atoms with van der Waals surface area (Å²) in [6, 6.07) is 0. The van der Waals surface area contributed by atoms with Gasteiger partial charge in [-0.05, 0) is 54.4 Å². The first-order valence-corrected chi connectivity index (χ1v) is 14.1. The van der Waals surface area contributed by atoms with Crippen molar-refractivity contribution in [2.45, 2.75) is 73.3 Å². The summed E-state index contributed by atoms with van der Waals surface area (Å²) < 4.78 is 19.7. The van der Waals surface area contributed by atoms with Crippen LogP contribution in [0.5, 0.6) is 0 Å². The average Bonchev–Trinajstić information content (AvgIpc) is 2.93. The van der Waals surface area contributed by atoms with E-state index < -0.39 is 40.8 Å². The van der Waals surface area contributed by atoms with Crippen LogP contribution in [0, 0.1) is 10.8 Å². The lowest BCUT2D eigenvalue weighted by Gasteiger charge is -2.23. The first-order valence-electron chi connectivity index (χ1n) is 14.1. The van der Waals surface area contributed by atoms with Crippen LogP contribution in [0.15, 0.2) is 24.3 Å². The van der Waals surface area contributed by atoms with E-state index >= 15 is 0 Å². The molecule has 0 rings (SSSR count). The van der Waals surface area contributed by atoms with E-state index in [1.807, 2.05) is 0 Å². The van der Waals surface area contributed by atoms with Gasteiger partial charge in [-0.25, -0.2) is 9.59 Å². The Hall–Kier alpha value is -3.74. The third kappa shape index (κ3) is 18.7. The number of aliphatic hydroxyl groups excluding tert-OH is 1. The molecule has 1 unspecified atom stereocenters. The lowest BCUT2D eigenvalue weighted by Crippen LogP contribution is -2.33. The van der Waals surface area contributed by atoms with Gasteiger partial charge in [0.15, 0.2) is 0 Å². The number of ether oxygens (including phenoxy) is 4. The van der Waals surface area contributed by atoms with E-state index in [-0.39, 0.29) is 56.7 Å². The minimum absolute atomic E-state index is 0.00978. The molecule has 0 bridgehead atoms. The molecule has 13 heteroatoms. The van der Waals surface area contributed by atoms with Crippen LogP contribution >= 0.6 is 0 Å². The molecule has 2 amide bonds. The van der Waals surface area contributed by atoms with E-state index in [1.165, 1.54) is 16.7 Å². The fourth-order valence-corrected chi connectivity index (χ4v) is 2.79. The number of esters is 4. The second kappa shape index (κ2) is 20.3. The molecule has 0 spiro atoms. The number of amides is 2. The predicted octanol–water partition coefficient (Wildman–Crippen LogP) is 2.45. The average molecular weight is 629 g/mol. The van der Waals surface area contributed by atoms with Crippen molar-refractivity contribution in [2.24, 2.45) is 10.8 Å². The highest BCUT2D eigenvalue weighted by Gasteiger charge is 2.31. The molecule has 0 saturated carbocycles. The number of rotatable bonds is 17. The van der Waals surface area contributed by atoms with E-state index in [2.05, 4.69) is 13.2 Å². The van der Waals surface area contributed by atoms with Gasteiger partial charge in [-0.3, -0.25) is 19.2 Å². The molecule has 0 fully saturated rings. The van der Waals surface area contributed by atoms with Crippen LogP contribution in [-0.4, -0.2) is 111 Å². The van der Waals surface area contributed by atoms with Gasteiger partial charge in [0.05, 0.1) is 10.8 Å². The summed E-state index contributed by atoms with van der Waals surface area (Å²) in [5.74, 6) is -2.17. The van der Waals surface area contributed by atoms with Crippen molar-refractivity contribution in [1.29, 1.82) is 0 Å². The Balaban J connectivity index is 0. The van der Waals surface area contributed by atoms with Crippen molar-refractivity contribution in [3.05, 3.63) is 24.3 Å². The van der Waals surface area contributed by atoms with Crippen LogP contribution in [0.1, 0.15) is 67.2 Å². The zero-order valence-electron chi connectivity index (χ0n) is 28.1. The van der Waals surface area contributed by atoms with E-state index in [4.69, 9.17) is 18.9 Å². The van der Waals surface area contributed by atoms with Gasteiger partial charge >= 0.3 is 23.9 Å². The highest BCUT2D eigenvalue weighted by molar-refractivity contribution is 5.87. The van der Waals surface area contributed by atoms with E-state index in [9.17, 15) is 33.9 Å². The van der Waals surface area contributed by atoms with Gasteiger partial charge in [0.25, 0.3) is 0 Å². The normalized spacial score (nSPS) is 11.5. The maximum Gasteiger partial charge on any atom is 0.333 e. The van der Waals surface area contributed by atoms with Crippen molar-refractivity contribution >= 4 is 35.7 Å². The molecule has 0 saturated heterocycles.